The summed E-state index contributed by atoms with van der Waals surface area (Å²) in [6, 6.07) is 3.66. The molecule has 26 heavy (non-hydrogen) atoms. The monoisotopic (exact) mass is 360 g/mol. The summed E-state index contributed by atoms with van der Waals surface area (Å²) in [5.41, 5.74) is 0. The van der Waals surface area contributed by atoms with Crippen LogP contribution < -0.4 is 5.32 Å². The number of hydrogen-bond donors (Lipinski definition) is 2. The Hall–Kier alpha value is -2.35. The first-order valence-electron chi connectivity index (χ1n) is 9.28. The first kappa shape index (κ1) is 18.4. The molecule has 0 saturated heterocycles. The summed E-state index contributed by atoms with van der Waals surface area (Å²) in [5, 5.41) is 10.4. The Labute approximate surface area is 154 Å². The summed E-state index contributed by atoms with van der Waals surface area (Å²) in [6.45, 7) is 5.97. The van der Waals surface area contributed by atoms with Gasteiger partial charge in [0, 0.05) is 39.7 Å². The molecular formula is C18H28N6O2. The smallest absolute Gasteiger partial charge is 0.216 e. The van der Waals surface area contributed by atoms with Crippen LogP contribution in [0.5, 0.6) is 0 Å². The van der Waals surface area contributed by atoms with Gasteiger partial charge in [-0.25, -0.2) is 4.98 Å². The number of furan rings is 1. The molecule has 0 aliphatic heterocycles. The Balaban J connectivity index is 1.45. The van der Waals surface area contributed by atoms with E-state index < -0.39 is 0 Å². The minimum absolute atomic E-state index is 0.575. The van der Waals surface area contributed by atoms with Crippen LogP contribution in [0.25, 0.3) is 11.6 Å². The van der Waals surface area contributed by atoms with Crippen LogP contribution in [0.3, 0.4) is 0 Å². The second kappa shape index (κ2) is 9.38. The van der Waals surface area contributed by atoms with Crippen molar-refractivity contribution < 1.29 is 9.15 Å². The molecule has 0 aromatic carbocycles. The van der Waals surface area contributed by atoms with Crippen molar-refractivity contribution in [2.24, 2.45) is 10.9 Å². The molecule has 8 heteroatoms. The molecular weight excluding hydrogens is 332 g/mol. The van der Waals surface area contributed by atoms with E-state index in [1.54, 1.807) is 6.26 Å². The normalized spacial score (nSPS) is 14.6. The van der Waals surface area contributed by atoms with Gasteiger partial charge in [-0.1, -0.05) is 0 Å². The topological polar surface area (TPSA) is 91.6 Å². The Morgan fingerprint density at radius 3 is 3.12 bits per heavy atom. The van der Waals surface area contributed by atoms with Gasteiger partial charge < -0.3 is 19.4 Å². The first-order valence-corrected chi connectivity index (χ1v) is 9.28. The Morgan fingerprint density at radius 1 is 1.50 bits per heavy atom. The Morgan fingerprint density at radius 2 is 2.38 bits per heavy atom. The fraction of sp³-hybridized carbons (Fsp3) is 0.611. The summed E-state index contributed by atoms with van der Waals surface area (Å²) < 4.78 is 11.0. The number of H-pyrrole nitrogens is 1. The summed E-state index contributed by atoms with van der Waals surface area (Å²) in [6.07, 6.45) is 4.95. The van der Waals surface area contributed by atoms with Gasteiger partial charge in [-0.05, 0) is 37.8 Å². The van der Waals surface area contributed by atoms with Crippen LogP contribution in [0.4, 0.5) is 0 Å². The second-order valence-electron chi connectivity index (χ2n) is 6.51. The molecule has 3 rings (SSSR count). The van der Waals surface area contributed by atoms with Crippen LogP contribution in [0, 0.1) is 5.92 Å². The molecule has 1 saturated carbocycles. The third kappa shape index (κ3) is 5.59. The molecule has 1 fully saturated rings. The second-order valence-corrected chi connectivity index (χ2v) is 6.51. The number of guanidine groups is 1. The van der Waals surface area contributed by atoms with Crippen molar-refractivity contribution in [1.29, 1.82) is 0 Å². The molecule has 1 aliphatic carbocycles. The maximum Gasteiger partial charge on any atom is 0.216 e. The van der Waals surface area contributed by atoms with Crippen molar-refractivity contribution in [1.82, 2.24) is 25.4 Å². The molecule has 8 nitrogen and oxygen atoms in total. The Bertz CT molecular complexity index is 678. The summed E-state index contributed by atoms with van der Waals surface area (Å²) >= 11 is 0. The van der Waals surface area contributed by atoms with E-state index in [4.69, 9.17) is 9.15 Å². The molecule has 0 atom stereocenters. The maximum absolute atomic E-state index is 5.71. The van der Waals surface area contributed by atoms with Gasteiger partial charge in [0.1, 0.15) is 5.82 Å². The fourth-order valence-electron chi connectivity index (χ4n) is 2.50. The van der Waals surface area contributed by atoms with Gasteiger partial charge in [0.25, 0.3) is 0 Å². The van der Waals surface area contributed by atoms with Crippen LogP contribution in [0.15, 0.2) is 27.8 Å². The zero-order chi connectivity index (χ0) is 18.2. The van der Waals surface area contributed by atoms with Gasteiger partial charge in [-0.15, -0.1) is 0 Å². The average molecular weight is 360 g/mol. The van der Waals surface area contributed by atoms with E-state index in [0.29, 0.717) is 24.6 Å². The standard InChI is InChI=1S/C18H28N6O2/c1-3-19-18(24(2)10-12-25-13-14-6-7-14)20-9-8-16-21-17(23-22-16)15-5-4-11-26-15/h4-5,11,14H,3,6-10,12-13H2,1-2H3,(H,19,20)(H,21,22,23). The predicted molar refractivity (Wildman–Crippen MR) is 99.9 cm³/mol. The zero-order valence-corrected chi connectivity index (χ0v) is 15.6. The van der Waals surface area contributed by atoms with Crippen LogP contribution in [-0.2, 0) is 11.2 Å². The minimum atomic E-state index is 0.575. The summed E-state index contributed by atoms with van der Waals surface area (Å²) in [4.78, 5) is 11.2. The number of aromatic nitrogens is 3. The number of hydrogen-bond acceptors (Lipinski definition) is 5. The molecule has 2 aromatic rings. The predicted octanol–water partition coefficient (Wildman–Crippen LogP) is 1.93. The lowest BCUT2D eigenvalue weighted by atomic mass is 10.4. The van der Waals surface area contributed by atoms with E-state index in [-0.39, 0.29) is 0 Å². The summed E-state index contributed by atoms with van der Waals surface area (Å²) in [7, 11) is 2.03. The van der Waals surface area contributed by atoms with Crippen LogP contribution in [0.2, 0.25) is 0 Å². The molecule has 2 aromatic heterocycles. The highest BCUT2D eigenvalue weighted by Gasteiger charge is 2.21. The van der Waals surface area contributed by atoms with Crippen molar-refractivity contribution >= 4 is 5.96 Å². The van der Waals surface area contributed by atoms with E-state index in [1.165, 1.54) is 12.8 Å². The zero-order valence-electron chi connectivity index (χ0n) is 15.6. The molecule has 0 unspecified atom stereocenters. The number of nitrogens with zero attached hydrogens (tertiary/aromatic N) is 4. The molecule has 142 valence electrons. The van der Waals surface area contributed by atoms with Crippen molar-refractivity contribution in [3.8, 4) is 11.6 Å². The summed E-state index contributed by atoms with van der Waals surface area (Å²) in [5.74, 6) is 3.72. The molecule has 2 heterocycles. The molecule has 0 bridgehead atoms. The van der Waals surface area contributed by atoms with Gasteiger partial charge in [0.2, 0.25) is 5.82 Å². The van der Waals surface area contributed by atoms with Crippen molar-refractivity contribution in [3.63, 3.8) is 0 Å². The third-order valence-corrected chi connectivity index (χ3v) is 4.20. The minimum Gasteiger partial charge on any atom is -0.461 e. The third-order valence-electron chi connectivity index (χ3n) is 4.20. The lowest BCUT2D eigenvalue weighted by Crippen LogP contribution is -2.40. The Kier molecular flexibility index (Phi) is 6.65. The molecule has 0 radical (unpaired) electrons. The van der Waals surface area contributed by atoms with E-state index in [2.05, 4.69) is 37.3 Å². The van der Waals surface area contributed by atoms with E-state index in [1.807, 2.05) is 19.2 Å². The van der Waals surface area contributed by atoms with Crippen molar-refractivity contribution in [3.05, 3.63) is 24.2 Å². The fourth-order valence-corrected chi connectivity index (χ4v) is 2.50. The number of likely N-dealkylation sites (N-methyl/N-ethyl adjacent to an activating group) is 1. The van der Waals surface area contributed by atoms with Crippen molar-refractivity contribution in [2.45, 2.75) is 26.2 Å². The number of aromatic amines is 1. The van der Waals surface area contributed by atoms with Crippen LogP contribution >= 0.6 is 0 Å². The van der Waals surface area contributed by atoms with E-state index in [9.17, 15) is 0 Å². The number of aliphatic imine (C=N–C) groups is 1. The van der Waals surface area contributed by atoms with Gasteiger partial charge >= 0.3 is 0 Å². The van der Waals surface area contributed by atoms with E-state index >= 15 is 0 Å². The highest BCUT2D eigenvalue weighted by atomic mass is 16.5. The molecule has 0 amide bonds. The molecule has 2 N–H and O–H groups in total. The van der Waals surface area contributed by atoms with Gasteiger partial charge in [-0.3, -0.25) is 10.1 Å². The number of ether oxygens (including phenoxy) is 1. The van der Waals surface area contributed by atoms with Crippen molar-refractivity contribution in [2.75, 3.05) is 39.9 Å². The van der Waals surface area contributed by atoms with Gasteiger partial charge in [-0.2, -0.15) is 5.10 Å². The van der Waals surface area contributed by atoms with Gasteiger partial charge in [0.15, 0.2) is 11.7 Å². The van der Waals surface area contributed by atoms with Crippen LogP contribution in [0.1, 0.15) is 25.6 Å². The van der Waals surface area contributed by atoms with E-state index in [0.717, 1.165) is 44.0 Å². The number of rotatable bonds is 10. The lowest BCUT2D eigenvalue weighted by molar-refractivity contribution is 0.115. The SMILES string of the molecule is CCNC(=NCCc1nc(-c2ccco2)n[nH]1)N(C)CCOCC1CC1. The lowest BCUT2D eigenvalue weighted by Gasteiger charge is -2.22. The highest BCUT2D eigenvalue weighted by molar-refractivity contribution is 5.79. The average Bonchev–Trinajstić information content (AvgIpc) is 3.11. The molecule has 1 aliphatic rings. The van der Waals surface area contributed by atoms with Crippen LogP contribution in [-0.4, -0.2) is 65.9 Å². The highest BCUT2D eigenvalue weighted by Crippen LogP contribution is 2.28. The molecule has 0 spiro atoms. The largest absolute Gasteiger partial charge is 0.461 e. The number of nitrogens with one attached hydrogen (secondary N) is 2. The first-order chi connectivity index (χ1) is 12.8. The quantitative estimate of drug-likeness (QED) is 0.382. The van der Waals surface area contributed by atoms with Gasteiger partial charge in [0.05, 0.1) is 12.9 Å². The maximum atomic E-state index is 5.71.